The SMILES string of the molecule is O=c1cc(COc2cccc(-n3cnnn3)c2)c2ccccc2[nH]1. The number of fused-ring (bicyclic) bond motifs is 1. The van der Waals surface area contributed by atoms with E-state index in [-0.39, 0.29) is 5.56 Å². The summed E-state index contributed by atoms with van der Waals surface area (Å²) in [6, 6.07) is 16.7. The maximum Gasteiger partial charge on any atom is 0.248 e. The molecule has 0 bridgehead atoms. The maximum absolute atomic E-state index is 11.8. The largest absolute Gasteiger partial charge is 0.489 e. The molecule has 0 unspecified atom stereocenters. The second-order valence-electron chi connectivity index (χ2n) is 5.24. The van der Waals surface area contributed by atoms with Crippen molar-refractivity contribution in [3.63, 3.8) is 0 Å². The van der Waals surface area contributed by atoms with Crippen molar-refractivity contribution in [3.8, 4) is 11.4 Å². The summed E-state index contributed by atoms with van der Waals surface area (Å²) in [6.07, 6.45) is 1.52. The normalized spacial score (nSPS) is 10.8. The highest BCUT2D eigenvalue weighted by atomic mass is 16.5. The monoisotopic (exact) mass is 319 g/mol. The summed E-state index contributed by atoms with van der Waals surface area (Å²) in [7, 11) is 0. The fourth-order valence-electron chi connectivity index (χ4n) is 2.55. The van der Waals surface area contributed by atoms with Gasteiger partial charge < -0.3 is 9.72 Å². The van der Waals surface area contributed by atoms with Gasteiger partial charge in [-0.15, -0.1) is 5.10 Å². The summed E-state index contributed by atoms with van der Waals surface area (Å²) in [4.78, 5) is 14.6. The molecular weight excluding hydrogens is 306 g/mol. The number of aromatic nitrogens is 5. The van der Waals surface area contributed by atoms with E-state index in [1.807, 2.05) is 48.5 Å². The van der Waals surface area contributed by atoms with Gasteiger partial charge in [-0.05, 0) is 28.6 Å². The van der Waals surface area contributed by atoms with Crippen molar-refractivity contribution in [3.05, 3.63) is 76.8 Å². The van der Waals surface area contributed by atoms with Crippen LogP contribution in [0.4, 0.5) is 0 Å². The van der Waals surface area contributed by atoms with Gasteiger partial charge in [0.25, 0.3) is 0 Å². The molecular formula is C17H13N5O2. The van der Waals surface area contributed by atoms with Gasteiger partial charge in [0.15, 0.2) is 0 Å². The zero-order valence-corrected chi connectivity index (χ0v) is 12.6. The summed E-state index contributed by atoms with van der Waals surface area (Å²) in [5.41, 5.74) is 2.29. The Morgan fingerprint density at radius 1 is 1.08 bits per heavy atom. The highest BCUT2D eigenvalue weighted by molar-refractivity contribution is 5.81. The van der Waals surface area contributed by atoms with Crippen LogP contribution in [0.25, 0.3) is 16.6 Å². The second kappa shape index (κ2) is 5.96. The van der Waals surface area contributed by atoms with Crippen LogP contribution in [0.5, 0.6) is 5.75 Å². The molecule has 2 aromatic heterocycles. The number of nitrogens with zero attached hydrogens (tertiary/aromatic N) is 4. The smallest absolute Gasteiger partial charge is 0.248 e. The second-order valence-corrected chi connectivity index (χ2v) is 5.24. The molecule has 7 heteroatoms. The lowest BCUT2D eigenvalue weighted by Gasteiger charge is -2.10. The molecule has 4 rings (SSSR count). The Labute approximate surface area is 136 Å². The third-order valence-electron chi connectivity index (χ3n) is 3.66. The van der Waals surface area contributed by atoms with E-state index in [4.69, 9.17) is 4.74 Å². The van der Waals surface area contributed by atoms with Crippen molar-refractivity contribution in [1.29, 1.82) is 0 Å². The van der Waals surface area contributed by atoms with Gasteiger partial charge in [-0.2, -0.15) is 0 Å². The summed E-state index contributed by atoms with van der Waals surface area (Å²) in [6.45, 7) is 0.295. The molecule has 0 spiro atoms. The van der Waals surface area contributed by atoms with E-state index in [1.54, 1.807) is 10.7 Å². The number of rotatable bonds is 4. The minimum Gasteiger partial charge on any atom is -0.489 e. The number of pyridine rings is 1. The molecule has 2 aromatic carbocycles. The van der Waals surface area contributed by atoms with Gasteiger partial charge >= 0.3 is 0 Å². The lowest BCUT2D eigenvalue weighted by Crippen LogP contribution is -2.08. The Kier molecular flexibility index (Phi) is 3.51. The summed E-state index contributed by atoms with van der Waals surface area (Å²) < 4.78 is 7.41. The molecule has 0 aliphatic rings. The maximum atomic E-state index is 11.8. The van der Waals surface area contributed by atoms with Crippen molar-refractivity contribution in [2.45, 2.75) is 6.61 Å². The molecule has 118 valence electrons. The fraction of sp³-hybridized carbons (Fsp3) is 0.0588. The number of benzene rings is 2. The zero-order chi connectivity index (χ0) is 16.4. The first kappa shape index (κ1) is 14.1. The van der Waals surface area contributed by atoms with Crippen molar-refractivity contribution >= 4 is 10.9 Å². The highest BCUT2D eigenvalue weighted by Crippen LogP contribution is 2.20. The van der Waals surface area contributed by atoms with Crippen LogP contribution in [0.15, 0.2) is 65.7 Å². The van der Waals surface area contributed by atoms with E-state index in [2.05, 4.69) is 20.5 Å². The van der Waals surface area contributed by atoms with Crippen molar-refractivity contribution < 1.29 is 4.74 Å². The van der Waals surface area contributed by atoms with E-state index < -0.39 is 0 Å². The Balaban J connectivity index is 1.62. The van der Waals surface area contributed by atoms with Crippen LogP contribution < -0.4 is 10.3 Å². The molecule has 2 heterocycles. The van der Waals surface area contributed by atoms with E-state index >= 15 is 0 Å². The minimum atomic E-state index is -0.144. The van der Waals surface area contributed by atoms with Gasteiger partial charge in [0.1, 0.15) is 18.7 Å². The van der Waals surface area contributed by atoms with Gasteiger partial charge in [-0.1, -0.05) is 24.3 Å². The summed E-state index contributed by atoms with van der Waals surface area (Å²) in [5.74, 6) is 0.673. The molecule has 0 radical (unpaired) electrons. The van der Waals surface area contributed by atoms with Gasteiger partial charge in [0, 0.05) is 28.6 Å². The molecule has 0 fully saturated rings. The number of nitrogens with one attached hydrogen (secondary N) is 1. The number of tetrazole rings is 1. The van der Waals surface area contributed by atoms with E-state index in [0.717, 1.165) is 22.2 Å². The van der Waals surface area contributed by atoms with Crippen molar-refractivity contribution in [1.82, 2.24) is 25.2 Å². The Morgan fingerprint density at radius 3 is 2.88 bits per heavy atom. The zero-order valence-electron chi connectivity index (χ0n) is 12.6. The first-order valence-electron chi connectivity index (χ1n) is 7.37. The Bertz CT molecular complexity index is 1040. The molecule has 0 amide bonds. The van der Waals surface area contributed by atoms with Crippen molar-refractivity contribution in [2.75, 3.05) is 0 Å². The average Bonchev–Trinajstić information content (AvgIpc) is 3.14. The predicted octanol–water partition coefficient (Wildman–Crippen LogP) is 2.08. The lowest BCUT2D eigenvalue weighted by atomic mass is 10.1. The van der Waals surface area contributed by atoms with E-state index in [0.29, 0.717) is 12.4 Å². The predicted molar refractivity (Wildman–Crippen MR) is 88.1 cm³/mol. The van der Waals surface area contributed by atoms with Gasteiger partial charge in [-0.3, -0.25) is 4.79 Å². The summed E-state index contributed by atoms with van der Waals surface area (Å²) in [5, 5.41) is 12.1. The van der Waals surface area contributed by atoms with Crippen LogP contribution in [0.3, 0.4) is 0 Å². The molecule has 4 aromatic rings. The van der Waals surface area contributed by atoms with Crippen LogP contribution in [0.1, 0.15) is 5.56 Å². The number of ether oxygens (including phenoxy) is 1. The van der Waals surface area contributed by atoms with Crippen LogP contribution in [-0.2, 0) is 6.61 Å². The third-order valence-corrected chi connectivity index (χ3v) is 3.66. The van der Waals surface area contributed by atoms with Crippen LogP contribution in [-0.4, -0.2) is 25.2 Å². The molecule has 0 atom stereocenters. The molecule has 1 N–H and O–H groups in total. The first-order valence-corrected chi connectivity index (χ1v) is 7.37. The number of aromatic amines is 1. The summed E-state index contributed by atoms with van der Waals surface area (Å²) >= 11 is 0. The molecule has 0 saturated carbocycles. The Morgan fingerprint density at radius 2 is 2.00 bits per heavy atom. The fourth-order valence-corrected chi connectivity index (χ4v) is 2.55. The van der Waals surface area contributed by atoms with Crippen molar-refractivity contribution in [2.24, 2.45) is 0 Å². The van der Waals surface area contributed by atoms with Crippen LogP contribution in [0, 0.1) is 0 Å². The Hall–Kier alpha value is -3.48. The molecule has 0 aliphatic carbocycles. The topological polar surface area (TPSA) is 85.7 Å². The highest BCUT2D eigenvalue weighted by Gasteiger charge is 2.05. The minimum absolute atomic E-state index is 0.144. The number of hydrogen-bond acceptors (Lipinski definition) is 5. The van der Waals surface area contributed by atoms with Gasteiger partial charge in [0.2, 0.25) is 5.56 Å². The standard InChI is InChI=1S/C17H13N5O2/c23-17-8-12(15-6-1-2-7-16(15)19-17)10-24-14-5-3-4-13(9-14)22-11-18-20-21-22/h1-9,11H,10H2,(H,19,23). The van der Waals surface area contributed by atoms with E-state index in [9.17, 15) is 4.79 Å². The average molecular weight is 319 g/mol. The van der Waals surface area contributed by atoms with Gasteiger partial charge in [0.05, 0.1) is 5.69 Å². The molecule has 24 heavy (non-hydrogen) atoms. The third kappa shape index (κ3) is 2.74. The number of H-pyrrole nitrogens is 1. The number of para-hydroxylation sites is 1. The quantitative estimate of drug-likeness (QED) is 0.622. The van der Waals surface area contributed by atoms with Gasteiger partial charge in [-0.25, -0.2) is 4.68 Å². The van der Waals surface area contributed by atoms with Crippen LogP contribution >= 0.6 is 0 Å². The number of hydrogen-bond donors (Lipinski definition) is 1. The molecule has 0 saturated heterocycles. The van der Waals surface area contributed by atoms with E-state index in [1.165, 1.54) is 6.33 Å². The molecule has 7 nitrogen and oxygen atoms in total. The lowest BCUT2D eigenvalue weighted by molar-refractivity contribution is 0.307. The molecule has 0 aliphatic heterocycles. The first-order chi connectivity index (χ1) is 11.8. The van der Waals surface area contributed by atoms with Crippen LogP contribution in [0.2, 0.25) is 0 Å².